The van der Waals surface area contributed by atoms with Crippen LogP contribution in [-0.2, 0) is 6.18 Å². The van der Waals surface area contributed by atoms with Gasteiger partial charge in [-0.05, 0) is 49.6 Å². The molecule has 1 unspecified atom stereocenters. The van der Waals surface area contributed by atoms with E-state index in [-0.39, 0.29) is 17.5 Å². The van der Waals surface area contributed by atoms with Crippen molar-refractivity contribution in [2.75, 3.05) is 13.2 Å². The zero-order valence-electron chi connectivity index (χ0n) is 14.3. The topological polar surface area (TPSA) is 42.4 Å². The number of rotatable bonds is 4. The zero-order chi connectivity index (χ0) is 18.7. The van der Waals surface area contributed by atoms with Crippen LogP contribution in [0.4, 0.5) is 13.2 Å². The Bertz CT molecular complexity index is 758. The van der Waals surface area contributed by atoms with Crippen molar-refractivity contribution < 1.29 is 22.7 Å². The predicted octanol–water partition coefficient (Wildman–Crippen LogP) is 4.48. The second kappa shape index (κ2) is 7.35. The van der Waals surface area contributed by atoms with E-state index in [0.29, 0.717) is 13.2 Å². The molecule has 1 aliphatic heterocycles. The number of pyridine rings is 1. The standard InChI is InChI=1S/C19H19F3N2O2/c1-2-26-15-8-5-13(6-9-15)16-4-3-11-24(16)18(25)14-7-10-17(23-12-14)19(20,21)22/h5-10,12,16H,2-4,11H2,1H3. The van der Waals surface area contributed by atoms with E-state index in [2.05, 4.69) is 4.98 Å². The Labute approximate surface area is 149 Å². The molecule has 0 spiro atoms. The first-order valence-electron chi connectivity index (χ1n) is 8.47. The van der Waals surface area contributed by atoms with Crippen LogP contribution in [0.15, 0.2) is 42.6 Å². The second-order valence-corrected chi connectivity index (χ2v) is 6.09. The number of ether oxygens (including phenoxy) is 1. The van der Waals surface area contributed by atoms with Crippen LogP contribution in [0.3, 0.4) is 0 Å². The van der Waals surface area contributed by atoms with Gasteiger partial charge < -0.3 is 9.64 Å². The lowest BCUT2D eigenvalue weighted by molar-refractivity contribution is -0.141. The molecule has 1 saturated heterocycles. The average molecular weight is 364 g/mol. The van der Waals surface area contributed by atoms with Gasteiger partial charge in [-0.1, -0.05) is 12.1 Å². The summed E-state index contributed by atoms with van der Waals surface area (Å²) >= 11 is 0. The van der Waals surface area contributed by atoms with Crippen LogP contribution in [0.5, 0.6) is 5.75 Å². The Balaban J connectivity index is 1.77. The summed E-state index contributed by atoms with van der Waals surface area (Å²) in [6, 6.07) is 9.50. The van der Waals surface area contributed by atoms with Crippen molar-refractivity contribution >= 4 is 5.91 Å². The minimum absolute atomic E-state index is 0.0968. The van der Waals surface area contributed by atoms with Gasteiger partial charge in [-0.25, -0.2) is 0 Å². The number of likely N-dealkylation sites (tertiary alicyclic amines) is 1. The fourth-order valence-corrected chi connectivity index (χ4v) is 3.16. The predicted molar refractivity (Wildman–Crippen MR) is 89.9 cm³/mol. The molecule has 4 nitrogen and oxygen atoms in total. The first-order valence-corrected chi connectivity index (χ1v) is 8.47. The zero-order valence-corrected chi connectivity index (χ0v) is 14.3. The summed E-state index contributed by atoms with van der Waals surface area (Å²) in [5.74, 6) is 0.460. The number of amides is 1. The molecule has 138 valence electrons. The highest BCUT2D eigenvalue weighted by atomic mass is 19.4. The van der Waals surface area contributed by atoms with Crippen molar-refractivity contribution in [2.24, 2.45) is 0 Å². The van der Waals surface area contributed by atoms with Crippen molar-refractivity contribution in [3.63, 3.8) is 0 Å². The van der Waals surface area contributed by atoms with E-state index in [4.69, 9.17) is 4.74 Å². The van der Waals surface area contributed by atoms with E-state index in [9.17, 15) is 18.0 Å². The minimum Gasteiger partial charge on any atom is -0.494 e. The number of benzene rings is 1. The fraction of sp³-hybridized carbons (Fsp3) is 0.368. The van der Waals surface area contributed by atoms with Crippen LogP contribution in [0.2, 0.25) is 0 Å². The van der Waals surface area contributed by atoms with Gasteiger partial charge in [0, 0.05) is 12.7 Å². The molecule has 26 heavy (non-hydrogen) atoms. The number of carbonyl (C=O) groups is 1. The third-order valence-electron chi connectivity index (χ3n) is 4.39. The molecule has 0 N–H and O–H groups in total. The lowest BCUT2D eigenvalue weighted by atomic mass is 10.0. The van der Waals surface area contributed by atoms with Gasteiger partial charge in [0.1, 0.15) is 11.4 Å². The fourth-order valence-electron chi connectivity index (χ4n) is 3.16. The molecule has 1 fully saturated rings. The van der Waals surface area contributed by atoms with Gasteiger partial charge in [0.25, 0.3) is 5.91 Å². The van der Waals surface area contributed by atoms with Gasteiger partial charge in [-0.2, -0.15) is 13.2 Å². The van der Waals surface area contributed by atoms with Crippen molar-refractivity contribution in [3.8, 4) is 5.75 Å². The Morgan fingerprint density at radius 3 is 2.54 bits per heavy atom. The Hall–Kier alpha value is -2.57. The van der Waals surface area contributed by atoms with Crippen LogP contribution >= 0.6 is 0 Å². The molecule has 2 heterocycles. The van der Waals surface area contributed by atoms with Gasteiger partial charge >= 0.3 is 6.18 Å². The molecule has 0 bridgehead atoms. The van der Waals surface area contributed by atoms with Gasteiger partial charge in [0.15, 0.2) is 0 Å². The van der Waals surface area contributed by atoms with Crippen molar-refractivity contribution in [3.05, 3.63) is 59.4 Å². The van der Waals surface area contributed by atoms with Crippen LogP contribution in [0.25, 0.3) is 0 Å². The maximum absolute atomic E-state index is 12.7. The summed E-state index contributed by atoms with van der Waals surface area (Å²) in [7, 11) is 0. The van der Waals surface area contributed by atoms with E-state index in [1.54, 1.807) is 4.90 Å². The minimum atomic E-state index is -4.51. The van der Waals surface area contributed by atoms with E-state index >= 15 is 0 Å². The van der Waals surface area contributed by atoms with Gasteiger partial charge in [0.2, 0.25) is 0 Å². The Morgan fingerprint density at radius 1 is 1.23 bits per heavy atom. The highest BCUT2D eigenvalue weighted by Crippen LogP contribution is 2.34. The Morgan fingerprint density at radius 2 is 1.96 bits per heavy atom. The smallest absolute Gasteiger partial charge is 0.433 e. The van der Waals surface area contributed by atoms with Crippen molar-refractivity contribution in [1.29, 1.82) is 0 Å². The largest absolute Gasteiger partial charge is 0.494 e. The molecular formula is C19H19F3N2O2. The van der Waals surface area contributed by atoms with E-state index < -0.39 is 11.9 Å². The third kappa shape index (κ3) is 3.81. The molecule has 7 heteroatoms. The molecule has 1 aromatic heterocycles. The normalized spacial score (nSPS) is 17.4. The van der Waals surface area contributed by atoms with Crippen LogP contribution in [0, 0.1) is 0 Å². The monoisotopic (exact) mass is 364 g/mol. The van der Waals surface area contributed by atoms with E-state index in [0.717, 1.165) is 36.4 Å². The summed E-state index contributed by atoms with van der Waals surface area (Å²) in [6.07, 6.45) is -1.86. The summed E-state index contributed by atoms with van der Waals surface area (Å²) in [5.41, 5.74) is 0.147. The molecule has 1 amide bonds. The second-order valence-electron chi connectivity index (χ2n) is 6.09. The lowest BCUT2D eigenvalue weighted by Gasteiger charge is -2.25. The van der Waals surface area contributed by atoms with Crippen molar-refractivity contribution in [1.82, 2.24) is 9.88 Å². The Kier molecular flexibility index (Phi) is 5.15. The molecule has 3 rings (SSSR count). The van der Waals surface area contributed by atoms with Crippen LogP contribution < -0.4 is 4.74 Å². The average Bonchev–Trinajstić information content (AvgIpc) is 3.11. The third-order valence-corrected chi connectivity index (χ3v) is 4.39. The van der Waals surface area contributed by atoms with Crippen LogP contribution in [-0.4, -0.2) is 28.9 Å². The number of halogens is 3. The molecule has 0 radical (unpaired) electrons. The van der Waals surface area contributed by atoms with Gasteiger partial charge in [0.05, 0.1) is 18.2 Å². The van der Waals surface area contributed by atoms with E-state index in [1.807, 2.05) is 31.2 Å². The number of nitrogens with zero attached hydrogens (tertiary/aromatic N) is 2. The molecule has 0 saturated carbocycles. The summed E-state index contributed by atoms with van der Waals surface area (Å²) in [5, 5.41) is 0. The maximum atomic E-state index is 12.7. The molecule has 1 aliphatic rings. The highest BCUT2D eigenvalue weighted by Gasteiger charge is 2.34. The van der Waals surface area contributed by atoms with Crippen LogP contribution in [0.1, 0.15) is 47.4 Å². The molecule has 1 aromatic carbocycles. The highest BCUT2D eigenvalue weighted by molar-refractivity contribution is 5.94. The first kappa shape index (κ1) is 18.2. The maximum Gasteiger partial charge on any atom is 0.433 e. The lowest BCUT2D eigenvalue weighted by Crippen LogP contribution is -2.30. The molecule has 0 aliphatic carbocycles. The quantitative estimate of drug-likeness (QED) is 0.804. The van der Waals surface area contributed by atoms with Gasteiger partial charge in [-0.15, -0.1) is 0 Å². The van der Waals surface area contributed by atoms with E-state index in [1.165, 1.54) is 6.07 Å². The number of hydrogen-bond acceptors (Lipinski definition) is 3. The molecular weight excluding hydrogens is 345 g/mol. The van der Waals surface area contributed by atoms with Crippen molar-refractivity contribution in [2.45, 2.75) is 32.0 Å². The SMILES string of the molecule is CCOc1ccc(C2CCCN2C(=O)c2ccc(C(F)(F)F)nc2)cc1. The van der Waals surface area contributed by atoms with Gasteiger partial charge in [-0.3, -0.25) is 9.78 Å². The summed E-state index contributed by atoms with van der Waals surface area (Å²) < 4.78 is 43.3. The first-order chi connectivity index (χ1) is 12.4. The molecule has 1 atom stereocenters. The number of carbonyl (C=O) groups excluding carboxylic acids is 1. The number of alkyl halides is 3. The summed E-state index contributed by atoms with van der Waals surface area (Å²) in [6.45, 7) is 3.05. The summed E-state index contributed by atoms with van der Waals surface area (Å²) in [4.78, 5) is 17.8. The molecule has 2 aromatic rings. The number of aromatic nitrogens is 1. The number of hydrogen-bond donors (Lipinski definition) is 0.